The van der Waals surface area contributed by atoms with Crippen LogP contribution in [-0.4, -0.2) is 10.9 Å². The second kappa shape index (κ2) is 3.17. The van der Waals surface area contributed by atoms with E-state index < -0.39 is 5.60 Å². The van der Waals surface area contributed by atoms with Gasteiger partial charge in [0, 0.05) is 6.42 Å². The minimum absolute atomic E-state index is 0.0987. The van der Waals surface area contributed by atoms with Gasteiger partial charge < -0.3 is 5.11 Å². The van der Waals surface area contributed by atoms with Crippen LogP contribution in [0.15, 0.2) is 18.2 Å². The average molecular weight is 204 g/mol. The standard InChI is InChI=1S/C13H16O2/c1-8(2)9-4-5-10-7-12(14)13(3,15)11(10)6-9/h4-6,8,15H,7H2,1-3H3. The lowest BCUT2D eigenvalue weighted by Gasteiger charge is -2.17. The van der Waals surface area contributed by atoms with Crippen molar-refractivity contribution in [2.75, 3.05) is 0 Å². The van der Waals surface area contributed by atoms with Crippen LogP contribution in [0.2, 0.25) is 0 Å². The van der Waals surface area contributed by atoms with Crippen LogP contribution < -0.4 is 0 Å². The molecule has 80 valence electrons. The molecule has 15 heavy (non-hydrogen) atoms. The van der Waals surface area contributed by atoms with Crippen LogP contribution in [0, 0.1) is 0 Å². The summed E-state index contributed by atoms with van der Waals surface area (Å²) < 4.78 is 0. The highest BCUT2D eigenvalue weighted by molar-refractivity contribution is 5.94. The number of carbonyl (C=O) groups excluding carboxylic acids is 1. The first kappa shape index (κ1) is 10.4. The Hall–Kier alpha value is -1.15. The molecule has 1 N–H and O–H groups in total. The van der Waals surface area contributed by atoms with Crippen LogP contribution in [-0.2, 0) is 16.8 Å². The van der Waals surface area contributed by atoms with Crippen LogP contribution in [0.5, 0.6) is 0 Å². The van der Waals surface area contributed by atoms with E-state index >= 15 is 0 Å². The van der Waals surface area contributed by atoms with Gasteiger partial charge in [0.05, 0.1) is 0 Å². The molecule has 1 aliphatic rings. The molecule has 0 aromatic heterocycles. The highest BCUT2D eigenvalue weighted by Crippen LogP contribution is 2.35. The number of hydrogen-bond acceptors (Lipinski definition) is 2. The minimum atomic E-state index is -1.28. The highest BCUT2D eigenvalue weighted by Gasteiger charge is 2.40. The monoisotopic (exact) mass is 204 g/mol. The molecule has 0 heterocycles. The summed E-state index contributed by atoms with van der Waals surface area (Å²) in [6.07, 6.45) is 0.362. The zero-order valence-corrected chi connectivity index (χ0v) is 9.37. The SMILES string of the molecule is CC(C)c1ccc2c(c1)C(C)(O)C(=O)C2. The van der Waals surface area contributed by atoms with Gasteiger partial charge >= 0.3 is 0 Å². The maximum atomic E-state index is 11.6. The predicted octanol–water partition coefficient (Wildman–Crippen LogP) is 2.14. The van der Waals surface area contributed by atoms with E-state index in [9.17, 15) is 9.90 Å². The first-order valence-corrected chi connectivity index (χ1v) is 5.32. The van der Waals surface area contributed by atoms with Gasteiger partial charge in [0.2, 0.25) is 0 Å². The van der Waals surface area contributed by atoms with Crippen molar-refractivity contribution in [3.63, 3.8) is 0 Å². The van der Waals surface area contributed by atoms with Gasteiger partial charge in [0.25, 0.3) is 0 Å². The molecule has 1 atom stereocenters. The summed E-state index contributed by atoms with van der Waals surface area (Å²) in [5.74, 6) is 0.320. The van der Waals surface area contributed by atoms with Crippen molar-refractivity contribution in [3.05, 3.63) is 34.9 Å². The Bertz CT molecular complexity index is 417. The first-order chi connectivity index (χ1) is 6.93. The number of rotatable bonds is 1. The van der Waals surface area contributed by atoms with Crippen molar-refractivity contribution in [3.8, 4) is 0 Å². The molecule has 0 saturated heterocycles. The van der Waals surface area contributed by atoms with Crippen LogP contribution in [0.1, 0.15) is 43.4 Å². The smallest absolute Gasteiger partial charge is 0.172 e. The van der Waals surface area contributed by atoms with E-state index in [1.165, 1.54) is 5.56 Å². The number of ketones is 1. The molecule has 0 fully saturated rings. The summed E-state index contributed by atoms with van der Waals surface area (Å²) in [7, 11) is 0. The number of carbonyl (C=O) groups is 1. The van der Waals surface area contributed by atoms with E-state index in [-0.39, 0.29) is 5.78 Å². The molecule has 2 rings (SSSR count). The molecule has 0 bridgehead atoms. The Morgan fingerprint density at radius 2 is 2.07 bits per heavy atom. The molecule has 0 radical (unpaired) electrons. The molecule has 0 amide bonds. The zero-order valence-electron chi connectivity index (χ0n) is 9.37. The van der Waals surface area contributed by atoms with Gasteiger partial charge in [-0.05, 0) is 29.5 Å². The summed E-state index contributed by atoms with van der Waals surface area (Å²) in [6, 6.07) is 5.97. The Labute approximate surface area is 89.9 Å². The van der Waals surface area contributed by atoms with Gasteiger partial charge in [-0.1, -0.05) is 32.0 Å². The molecular weight excluding hydrogens is 188 g/mol. The lowest BCUT2D eigenvalue weighted by atomic mass is 9.93. The largest absolute Gasteiger partial charge is 0.378 e. The summed E-state index contributed by atoms with van der Waals surface area (Å²) >= 11 is 0. The Morgan fingerprint density at radius 3 is 2.67 bits per heavy atom. The fraction of sp³-hybridized carbons (Fsp3) is 0.462. The Balaban J connectivity index is 2.55. The molecule has 2 heteroatoms. The van der Waals surface area contributed by atoms with Gasteiger partial charge in [-0.2, -0.15) is 0 Å². The van der Waals surface area contributed by atoms with Gasteiger partial charge in [-0.15, -0.1) is 0 Å². The molecule has 1 aromatic carbocycles. The van der Waals surface area contributed by atoms with Crippen molar-refractivity contribution in [1.29, 1.82) is 0 Å². The third-order valence-corrected chi connectivity index (χ3v) is 3.22. The molecule has 1 aliphatic carbocycles. The molecule has 1 unspecified atom stereocenters. The molecular formula is C13H16O2. The second-order valence-corrected chi connectivity index (χ2v) is 4.74. The zero-order chi connectivity index (χ0) is 11.2. The summed E-state index contributed by atoms with van der Waals surface area (Å²) in [5, 5.41) is 10.1. The molecule has 2 nitrogen and oxygen atoms in total. The van der Waals surface area contributed by atoms with Crippen molar-refractivity contribution in [2.24, 2.45) is 0 Å². The number of Topliss-reactive ketones (excluding diaryl/α,β-unsaturated/α-hetero) is 1. The topological polar surface area (TPSA) is 37.3 Å². The third kappa shape index (κ3) is 1.49. The quantitative estimate of drug-likeness (QED) is 0.761. The van der Waals surface area contributed by atoms with Crippen molar-refractivity contribution in [2.45, 2.75) is 38.7 Å². The summed E-state index contributed by atoms with van der Waals surface area (Å²) in [4.78, 5) is 11.6. The third-order valence-electron chi connectivity index (χ3n) is 3.22. The number of hydrogen-bond donors (Lipinski definition) is 1. The van der Waals surface area contributed by atoms with Crippen LogP contribution in [0.3, 0.4) is 0 Å². The second-order valence-electron chi connectivity index (χ2n) is 4.74. The van der Waals surface area contributed by atoms with Gasteiger partial charge in [-0.25, -0.2) is 0 Å². The highest BCUT2D eigenvalue weighted by atomic mass is 16.3. The van der Waals surface area contributed by atoms with Crippen molar-refractivity contribution < 1.29 is 9.90 Å². The maximum absolute atomic E-state index is 11.6. The van der Waals surface area contributed by atoms with E-state index in [0.717, 1.165) is 11.1 Å². The maximum Gasteiger partial charge on any atom is 0.172 e. The predicted molar refractivity (Wildman–Crippen MR) is 58.8 cm³/mol. The first-order valence-electron chi connectivity index (χ1n) is 5.32. The van der Waals surface area contributed by atoms with Crippen LogP contribution >= 0.6 is 0 Å². The average Bonchev–Trinajstić information content (AvgIpc) is 2.38. The number of benzene rings is 1. The molecule has 0 aliphatic heterocycles. The summed E-state index contributed by atoms with van der Waals surface area (Å²) in [6.45, 7) is 5.80. The lowest BCUT2D eigenvalue weighted by Crippen LogP contribution is -2.27. The van der Waals surface area contributed by atoms with E-state index in [0.29, 0.717) is 12.3 Å². The molecule has 0 spiro atoms. The van der Waals surface area contributed by atoms with Crippen molar-refractivity contribution in [1.82, 2.24) is 0 Å². The van der Waals surface area contributed by atoms with Crippen LogP contribution in [0.4, 0.5) is 0 Å². The van der Waals surface area contributed by atoms with Gasteiger partial charge in [0.1, 0.15) is 5.60 Å². The van der Waals surface area contributed by atoms with E-state index in [1.54, 1.807) is 6.92 Å². The van der Waals surface area contributed by atoms with E-state index in [2.05, 4.69) is 13.8 Å². The Morgan fingerprint density at radius 1 is 1.40 bits per heavy atom. The fourth-order valence-electron chi connectivity index (χ4n) is 2.06. The van der Waals surface area contributed by atoms with Gasteiger partial charge in [-0.3, -0.25) is 4.79 Å². The number of aliphatic hydroxyl groups is 1. The van der Waals surface area contributed by atoms with Gasteiger partial charge in [0.15, 0.2) is 5.78 Å². The minimum Gasteiger partial charge on any atom is -0.378 e. The van der Waals surface area contributed by atoms with E-state index in [1.807, 2.05) is 18.2 Å². The molecule has 0 saturated carbocycles. The van der Waals surface area contributed by atoms with Crippen LogP contribution in [0.25, 0.3) is 0 Å². The Kier molecular flexibility index (Phi) is 2.19. The van der Waals surface area contributed by atoms with E-state index in [4.69, 9.17) is 0 Å². The summed E-state index contributed by atoms with van der Waals surface area (Å²) in [5.41, 5.74) is 1.65. The fourth-order valence-corrected chi connectivity index (χ4v) is 2.06. The normalized spacial score (nSPS) is 24.7. The molecule has 1 aromatic rings. The lowest BCUT2D eigenvalue weighted by molar-refractivity contribution is -0.133. The van der Waals surface area contributed by atoms with Crippen molar-refractivity contribution >= 4 is 5.78 Å². The number of fused-ring (bicyclic) bond motifs is 1.